The molecule has 0 aliphatic heterocycles. The molecule has 1 aromatic carbocycles. The second kappa shape index (κ2) is 6.01. The Morgan fingerprint density at radius 3 is 2.36 bits per heavy atom. The molecule has 1 aromatic rings. The zero-order valence-electron chi connectivity index (χ0n) is 12.7. The minimum atomic E-state index is -4.70. The Balaban J connectivity index is 1.86. The standard InChI is InChI=1S/C17H21F3O2/c1-11-13(10-12-6-7-12)8-9-15(16(11)22-17(18,19)20)21-14-4-2-3-5-14/h8-9,12,14H,2-7,10H2,1H3. The van der Waals surface area contributed by atoms with Crippen molar-refractivity contribution in [1.82, 2.24) is 0 Å². The molecule has 0 N–H and O–H groups in total. The number of hydrogen-bond donors (Lipinski definition) is 0. The van der Waals surface area contributed by atoms with Crippen LogP contribution < -0.4 is 9.47 Å². The van der Waals surface area contributed by atoms with E-state index in [4.69, 9.17) is 4.74 Å². The van der Waals surface area contributed by atoms with E-state index >= 15 is 0 Å². The van der Waals surface area contributed by atoms with Gasteiger partial charge in [-0.2, -0.15) is 0 Å². The van der Waals surface area contributed by atoms with E-state index in [1.54, 1.807) is 13.0 Å². The lowest BCUT2D eigenvalue weighted by molar-refractivity contribution is -0.275. The normalized spacial score (nSPS) is 19.5. The van der Waals surface area contributed by atoms with Crippen molar-refractivity contribution in [2.75, 3.05) is 0 Å². The summed E-state index contributed by atoms with van der Waals surface area (Å²) in [6.45, 7) is 1.69. The summed E-state index contributed by atoms with van der Waals surface area (Å²) < 4.78 is 48.3. The van der Waals surface area contributed by atoms with Crippen LogP contribution in [0.25, 0.3) is 0 Å². The first-order valence-corrected chi connectivity index (χ1v) is 7.97. The van der Waals surface area contributed by atoms with Crippen LogP contribution in [0.4, 0.5) is 13.2 Å². The van der Waals surface area contributed by atoms with Crippen LogP contribution in [0.2, 0.25) is 0 Å². The summed E-state index contributed by atoms with van der Waals surface area (Å²) >= 11 is 0. The van der Waals surface area contributed by atoms with Gasteiger partial charge in [-0.25, -0.2) is 0 Å². The van der Waals surface area contributed by atoms with Crippen molar-refractivity contribution >= 4 is 0 Å². The minimum absolute atomic E-state index is 0.00395. The Kier molecular flexibility index (Phi) is 4.24. The minimum Gasteiger partial charge on any atom is -0.487 e. The molecule has 0 unspecified atom stereocenters. The van der Waals surface area contributed by atoms with Gasteiger partial charge in [-0.05, 0) is 75.0 Å². The second-order valence-corrected chi connectivity index (χ2v) is 6.40. The Morgan fingerprint density at radius 1 is 1.09 bits per heavy atom. The summed E-state index contributed by atoms with van der Waals surface area (Å²) in [5, 5.41) is 0. The molecule has 2 aliphatic carbocycles. The number of hydrogen-bond acceptors (Lipinski definition) is 2. The van der Waals surface area contributed by atoms with Crippen LogP contribution in [0.5, 0.6) is 11.5 Å². The maximum absolute atomic E-state index is 12.7. The predicted molar refractivity (Wildman–Crippen MR) is 77.2 cm³/mol. The summed E-state index contributed by atoms with van der Waals surface area (Å²) in [6.07, 6.45) is 2.38. The highest BCUT2D eigenvalue weighted by Gasteiger charge is 2.35. The molecule has 0 atom stereocenters. The number of benzene rings is 1. The van der Waals surface area contributed by atoms with Crippen LogP contribution >= 0.6 is 0 Å². The Bertz CT molecular complexity index is 529. The molecule has 2 aliphatic rings. The summed E-state index contributed by atoms with van der Waals surface area (Å²) in [6, 6.07) is 3.53. The molecule has 2 fully saturated rings. The van der Waals surface area contributed by atoms with E-state index in [2.05, 4.69) is 4.74 Å². The van der Waals surface area contributed by atoms with Crippen LogP contribution in [0, 0.1) is 12.8 Å². The molecule has 2 nitrogen and oxygen atoms in total. The fourth-order valence-corrected chi connectivity index (χ4v) is 3.08. The van der Waals surface area contributed by atoms with Gasteiger partial charge in [-0.3, -0.25) is 0 Å². The Morgan fingerprint density at radius 2 is 1.77 bits per heavy atom. The van der Waals surface area contributed by atoms with Crippen LogP contribution in [-0.4, -0.2) is 12.5 Å². The zero-order chi connectivity index (χ0) is 15.7. The molecule has 22 heavy (non-hydrogen) atoms. The van der Waals surface area contributed by atoms with Crippen LogP contribution in [0.3, 0.4) is 0 Å². The SMILES string of the molecule is Cc1c(CC2CC2)ccc(OC2CCCC2)c1OC(F)(F)F. The number of rotatable bonds is 5. The molecule has 0 amide bonds. The Hall–Kier alpha value is -1.39. The van der Waals surface area contributed by atoms with Gasteiger partial charge >= 0.3 is 6.36 Å². The fourth-order valence-electron chi connectivity index (χ4n) is 3.08. The van der Waals surface area contributed by atoms with Crippen LogP contribution in [-0.2, 0) is 6.42 Å². The van der Waals surface area contributed by atoms with Gasteiger partial charge in [0.2, 0.25) is 0 Å². The van der Waals surface area contributed by atoms with E-state index < -0.39 is 6.36 Å². The molecular weight excluding hydrogens is 293 g/mol. The van der Waals surface area contributed by atoms with Crippen molar-refractivity contribution in [3.05, 3.63) is 23.3 Å². The van der Waals surface area contributed by atoms with Crippen LogP contribution in [0.15, 0.2) is 12.1 Å². The van der Waals surface area contributed by atoms with Gasteiger partial charge in [0.25, 0.3) is 0 Å². The van der Waals surface area contributed by atoms with Gasteiger partial charge in [-0.15, -0.1) is 13.2 Å². The Labute approximate surface area is 128 Å². The van der Waals surface area contributed by atoms with Gasteiger partial charge in [0.15, 0.2) is 11.5 Å². The average molecular weight is 314 g/mol. The molecule has 2 saturated carbocycles. The number of alkyl halides is 3. The van der Waals surface area contributed by atoms with Crippen molar-refractivity contribution in [2.24, 2.45) is 5.92 Å². The predicted octanol–water partition coefficient (Wildman–Crippen LogP) is 5.17. The molecule has 0 bridgehead atoms. The summed E-state index contributed by atoms with van der Waals surface area (Å²) in [4.78, 5) is 0. The van der Waals surface area contributed by atoms with Crippen molar-refractivity contribution in [1.29, 1.82) is 0 Å². The fraction of sp³-hybridized carbons (Fsp3) is 0.647. The number of ether oxygens (including phenoxy) is 2. The highest BCUT2D eigenvalue weighted by Crippen LogP contribution is 2.41. The highest BCUT2D eigenvalue weighted by atomic mass is 19.4. The van der Waals surface area contributed by atoms with E-state index in [0.717, 1.165) is 50.5 Å². The van der Waals surface area contributed by atoms with Gasteiger partial charge in [0.05, 0.1) is 6.10 Å². The molecule has 0 spiro atoms. The molecule has 0 heterocycles. The third-order valence-corrected chi connectivity index (χ3v) is 4.50. The molecular formula is C17H21F3O2. The quantitative estimate of drug-likeness (QED) is 0.746. The van der Waals surface area contributed by atoms with Crippen molar-refractivity contribution in [3.63, 3.8) is 0 Å². The van der Waals surface area contributed by atoms with E-state index in [0.29, 0.717) is 11.5 Å². The lowest BCUT2D eigenvalue weighted by Crippen LogP contribution is -2.20. The van der Waals surface area contributed by atoms with E-state index in [9.17, 15) is 13.2 Å². The molecule has 3 rings (SSSR count). The number of halogens is 3. The third-order valence-electron chi connectivity index (χ3n) is 4.50. The first-order valence-electron chi connectivity index (χ1n) is 7.97. The van der Waals surface area contributed by atoms with Gasteiger partial charge < -0.3 is 9.47 Å². The molecule has 0 radical (unpaired) electrons. The molecule has 122 valence electrons. The van der Waals surface area contributed by atoms with Gasteiger partial charge in [0, 0.05) is 0 Å². The monoisotopic (exact) mass is 314 g/mol. The smallest absolute Gasteiger partial charge is 0.487 e. The second-order valence-electron chi connectivity index (χ2n) is 6.40. The largest absolute Gasteiger partial charge is 0.573 e. The van der Waals surface area contributed by atoms with E-state index in [1.807, 2.05) is 6.07 Å². The first-order chi connectivity index (χ1) is 10.4. The summed E-state index contributed by atoms with van der Waals surface area (Å²) in [5.74, 6) is 0.679. The molecule has 5 heteroatoms. The third kappa shape index (κ3) is 3.87. The van der Waals surface area contributed by atoms with Gasteiger partial charge in [0.1, 0.15) is 0 Å². The van der Waals surface area contributed by atoms with Crippen molar-refractivity contribution in [2.45, 2.75) is 64.3 Å². The maximum Gasteiger partial charge on any atom is 0.573 e. The lowest BCUT2D eigenvalue weighted by atomic mass is 10.0. The molecule has 0 saturated heterocycles. The first kappa shape index (κ1) is 15.5. The summed E-state index contributed by atoms with van der Waals surface area (Å²) in [5.41, 5.74) is 1.49. The van der Waals surface area contributed by atoms with Crippen LogP contribution in [0.1, 0.15) is 49.7 Å². The van der Waals surface area contributed by atoms with Crippen molar-refractivity contribution < 1.29 is 22.6 Å². The van der Waals surface area contributed by atoms with Crippen molar-refractivity contribution in [3.8, 4) is 11.5 Å². The van der Waals surface area contributed by atoms with E-state index in [1.165, 1.54) is 0 Å². The highest BCUT2D eigenvalue weighted by molar-refractivity contribution is 5.50. The van der Waals surface area contributed by atoms with Gasteiger partial charge in [-0.1, -0.05) is 6.07 Å². The van der Waals surface area contributed by atoms with E-state index in [-0.39, 0.29) is 17.6 Å². The average Bonchev–Trinajstić information content (AvgIpc) is 3.10. The molecule has 0 aromatic heterocycles. The lowest BCUT2D eigenvalue weighted by Gasteiger charge is -2.21. The topological polar surface area (TPSA) is 18.5 Å². The zero-order valence-corrected chi connectivity index (χ0v) is 12.7. The summed E-state index contributed by atoms with van der Waals surface area (Å²) in [7, 11) is 0. The maximum atomic E-state index is 12.7.